The van der Waals surface area contributed by atoms with E-state index in [1.165, 1.54) is 0 Å². The van der Waals surface area contributed by atoms with Gasteiger partial charge >= 0.3 is 0 Å². The van der Waals surface area contributed by atoms with Crippen LogP contribution < -0.4 is 11.1 Å². The Bertz CT molecular complexity index is 512. The summed E-state index contributed by atoms with van der Waals surface area (Å²) in [6.45, 7) is 0.999. The molecule has 2 atom stereocenters. The van der Waals surface area contributed by atoms with Crippen molar-refractivity contribution in [1.82, 2.24) is 9.62 Å². The number of rotatable bonds is 4. The van der Waals surface area contributed by atoms with Gasteiger partial charge in [-0.05, 0) is 32.1 Å². The zero-order valence-corrected chi connectivity index (χ0v) is 13.9. The number of nitrogens with two attached hydrogens (primary N) is 1. The number of carbonyl (C=O) groups is 1. The summed E-state index contributed by atoms with van der Waals surface area (Å²) in [4.78, 5) is 14.8. The summed E-state index contributed by atoms with van der Waals surface area (Å²) in [5, 5.41) is 2.70. The molecule has 0 aromatic rings. The molecule has 2 rings (SSSR count). The van der Waals surface area contributed by atoms with Crippen LogP contribution in [0.1, 0.15) is 38.5 Å². The van der Waals surface area contributed by atoms with Gasteiger partial charge in [0.15, 0.2) is 5.96 Å². The minimum Gasteiger partial charge on any atom is -0.370 e. The highest BCUT2D eigenvalue weighted by Gasteiger charge is 2.37. The average molecular weight is 330 g/mol. The first kappa shape index (κ1) is 17.2. The minimum atomic E-state index is -3.30. The van der Waals surface area contributed by atoms with Gasteiger partial charge in [-0.15, -0.1) is 0 Å². The number of nitrogens with one attached hydrogen (secondary N) is 1. The molecule has 2 aliphatic rings. The van der Waals surface area contributed by atoms with Gasteiger partial charge in [0.2, 0.25) is 10.0 Å². The third-order valence-corrected chi connectivity index (χ3v) is 7.04. The molecule has 0 radical (unpaired) electrons. The molecule has 126 valence electrons. The number of hydrogen-bond acceptors (Lipinski definition) is 4. The van der Waals surface area contributed by atoms with Gasteiger partial charge in [0.1, 0.15) is 6.29 Å². The molecular weight excluding hydrogens is 304 g/mol. The van der Waals surface area contributed by atoms with E-state index in [0.717, 1.165) is 32.0 Å². The van der Waals surface area contributed by atoms with E-state index >= 15 is 0 Å². The molecule has 1 aliphatic heterocycles. The number of piperidine rings is 1. The van der Waals surface area contributed by atoms with Crippen molar-refractivity contribution >= 4 is 22.3 Å². The predicted octanol–water partition coefficient (Wildman–Crippen LogP) is 0.0724. The van der Waals surface area contributed by atoms with Crippen LogP contribution >= 0.6 is 0 Å². The Labute approximate surface area is 132 Å². The lowest BCUT2D eigenvalue weighted by molar-refractivity contribution is -0.111. The fourth-order valence-electron chi connectivity index (χ4n) is 3.31. The van der Waals surface area contributed by atoms with Gasteiger partial charge in [-0.25, -0.2) is 12.7 Å². The van der Waals surface area contributed by atoms with E-state index in [-0.39, 0.29) is 12.0 Å². The van der Waals surface area contributed by atoms with E-state index in [1.54, 1.807) is 11.4 Å². The fourth-order valence-corrected chi connectivity index (χ4v) is 5.41. The van der Waals surface area contributed by atoms with Gasteiger partial charge < -0.3 is 15.8 Å². The van der Waals surface area contributed by atoms with E-state index in [9.17, 15) is 13.2 Å². The molecule has 0 amide bonds. The summed E-state index contributed by atoms with van der Waals surface area (Å²) in [6, 6.07) is 0.171. The van der Waals surface area contributed by atoms with Crippen LogP contribution in [-0.2, 0) is 14.8 Å². The third-order valence-electron chi connectivity index (χ3n) is 4.69. The second kappa shape index (κ2) is 7.41. The molecule has 2 fully saturated rings. The number of carbonyl (C=O) groups excluding carboxylic acids is 1. The summed E-state index contributed by atoms with van der Waals surface area (Å²) in [7, 11) is -1.68. The summed E-state index contributed by atoms with van der Waals surface area (Å²) in [5.74, 6) is 0.288. The van der Waals surface area contributed by atoms with Gasteiger partial charge in [0.05, 0.1) is 5.25 Å². The number of nitrogens with zero attached hydrogens (tertiary/aromatic N) is 2. The van der Waals surface area contributed by atoms with Gasteiger partial charge in [0.25, 0.3) is 0 Å². The van der Waals surface area contributed by atoms with Crippen molar-refractivity contribution < 1.29 is 13.2 Å². The summed E-state index contributed by atoms with van der Waals surface area (Å²) < 4.78 is 27.0. The van der Waals surface area contributed by atoms with Crippen molar-refractivity contribution in [2.24, 2.45) is 16.6 Å². The summed E-state index contributed by atoms with van der Waals surface area (Å²) in [6.07, 6.45) is 5.12. The maximum atomic E-state index is 12.7. The highest BCUT2D eigenvalue weighted by Crippen LogP contribution is 2.30. The molecule has 1 aliphatic carbocycles. The lowest BCUT2D eigenvalue weighted by Crippen LogP contribution is -2.50. The van der Waals surface area contributed by atoms with E-state index in [4.69, 9.17) is 5.73 Å². The Morgan fingerprint density at radius 3 is 2.55 bits per heavy atom. The van der Waals surface area contributed by atoms with E-state index in [2.05, 4.69) is 10.3 Å². The van der Waals surface area contributed by atoms with Crippen molar-refractivity contribution in [1.29, 1.82) is 0 Å². The smallest absolute Gasteiger partial charge is 0.217 e. The van der Waals surface area contributed by atoms with Crippen LogP contribution in [0.15, 0.2) is 4.99 Å². The highest BCUT2D eigenvalue weighted by molar-refractivity contribution is 7.89. The highest BCUT2D eigenvalue weighted by atomic mass is 32.2. The monoisotopic (exact) mass is 330 g/mol. The summed E-state index contributed by atoms with van der Waals surface area (Å²) in [5.41, 5.74) is 5.65. The number of aldehydes is 1. The molecule has 1 saturated heterocycles. The molecule has 0 spiro atoms. The molecular formula is C14H26N4O3S. The Kier molecular flexibility index (Phi) is 5.80. The molecule has 8 heteroatoms. The molecule has 22 heavy (non-hydrogen) atoms. The van der Waals surface area contributed by atoms with Crippen LogP contribution in [0.4, 0.5) is 0 Å². The fraction of sp³-hybridized carbons (Fsp3) is 0.857. The summed E-state index contributed by atoms with van der Waals surface area (Å²) >= 11 is 0. The number of hydrogen-bond donors (Lipinski definition) is 2. The van der Waals surface area contributed by atoms with Gasteiger partial charge in [-0.1, -0.05) is 6.42 Å². The first-order valence-corrected chi connectivity index (χ1v) is 9.40. The standard InChI is InChI=1S/C14H26N4O3S/c1-16-14(15)17-12-5-7-18(8-6-12)22(20,21)13-4-2-3-11(9-13)10-19/h10-13H,2-9H2,1H3,(H3,15,16,17). The molecule has 3 N–H and O–H groups in total. The quantitative estimate of drug-likeness (QED) is 0.431. The first-order valence-electron chi connectivity index (χ1n) is 7.90. The maximum Gasteiger partial charge on any atom is 0.217 e. The van der Waals surface area contributed by atoms with Crippen LogP contribution in [0.3, 0.4) is 0 Å². The molecule has 0 aromatic carbocycles. The number of guanidine groups is 1. The zero-order chi connectivity index (χ0) is 16.2. The van der Waals surface area contributed by atoms with E-state index in [0.29, 0.717) is 31.9 Å². The Balaban J connectivity index is 1.93. The maximum absolute atomic E-state index is 12.7. The second-order valence-corrected chi connectivity index (χ2v) is 8.37. The van der Waals surface area contributed by atoms with Crippen molar-refractivity contribution in [2.75, 3.05) is 20.1 Å². The van der Waals surface area contributed by atoms with E-state index < -0.39 is 15.3 Å². The largest absolute Gasteiger partial charge is 0.370 e. The predicted molar refractivity (Wildman–Crippen MR) is 86.0 cm³/mol. The van der Waals surface area contributed by atoms with Crippen molar-refractivity contribution in [3.63, 3.8) is 0 Å². The Morgan fingerprint density at radius 1 is 1.27 bits per heavy atom. The lowest BCUT2D eigenvalue weighted by Gasteiger charge is -2.36. The normalized spacial score (nSPS) is 29.2. The lowest BCUT2D eigenvalue weighted by atomic mass is 9.90. The molecule has 2 unspecified atom stereocenters. The van der Waals surface area contributed by atoms with Gasteiger partial charge in [0, 0.05) is 32.1 Å². The second-order valence-electron chi connectivity index (χ2n) is 6.16. The van der Waals surface area contributed by atoms with Crippen molar-refractivity contribution in [2.45, 2.75) is 49.8 Å². The van der Waals surface area contributed by atoms with Crippen LogP contribution in [0.2, 0.25) is 0 Å². The van der Waals surface area contributed by atoms with Crippen LogP contribution in [0.5, 0.6) is 0 Å². The average Bonchev–Trinajstić information content (AvgIpc) is 2.55. The number of aliphatic imine (C=N–C) groups is 1. The zero-order valence-electron chi connectivity index (χ0n) is 13.1. The first-order chi connectivity index (χ1) is 10.5. The molecule has 0 aromatic heterocycles. The molecule has 1 saturated carbocycles. The van der Waals surface area contributed by atoms with Crippen LogP contribution in [0, 0.1) is 5.92 Å². The molecule has 1 heterocycles. The van der Waals surface area contributed by atoms with Crippen molar-refractivity contribution in [3.8, 4) is 0 Å². The number of sulfonamides is 1. The van der Waals surface area contributed by atoms with Crippen LogP contribution in [-0.4, -0.2) is 56.4 Å². The molecule has 7 nitrogen and oxygen atoms in total. The SMILES string of the molecule is CN=C(N)NC1CCN(S(=O)(=O)C2CCCC(C=O)C2)CC1. The third kappa shape index (κ3) is 3.98. The molecule has 0 bridgehead atoms. The van der Waals surface area contributed by atoms with Crippen LogP contribution in [0.25, 0.3) is 0 Å². The van der Waals surface area contributed by atoms with Gasteiger partial charge in [-0.2, -0.15) is 0 Å². The van der Waals surface area contributed by atoms with Gasteiger partial charge in [-0.3, -0.25) is 4.99 Å². The van der Waals surface area contributed by atoms with Crippen molar-refractivity contribution in [3.05, 3.63) is 0 Å². The topological polar surface area (TPSA) is 105 Å². The minimum absolute atomic E-state index is 0.103. The Morgan fingerprint density at radius 2 is 1.95 bits per heavy atom. The van der Waals surface area contributed by atoms with E-state index in [1.807, 2.05) is 0 Å². The Hall–Kier alpha value is -1.15.